The maximum atomic E-state index is 4.54. The normalized spacial score (nSPS) is 30.0. The van der Waals surface area contributed by atoms with Gasteiger partial charge in [0, 0.05) is 31.2 Å². The molecular formula is C14H23N3S. The van der Waals surface area contributed by atoms with Crippen molar-refractivity contribution in [2.24, 2.45) is 17.8 Å². The van der Waals surface area contributed by atoms with Gasteiger partial charge < -0.3 is 10.2 Å². The molecule has 2 bridgehead atoms. The van der Waals surface area contributed by atoms with E-state index in [1.54, 1.807) is 0 Å². The monoisotopic (exact) mass is 265 g/mol. The molecule has 2 fully saturated rings. The Hall–Kier alpha value is -0.610. The molecule has 0 aromatic carbocycles. The lowest BCUT2D eigenvalue weighted by Gasteiger charge is -2.26. The van der Waals surface area contributed by atoms with Gasteiger partial charge in [-0.3, -0.25) is 0 Å². The minimum atomic E-state index is 0.922. The number of hydrogen-bond acceptors (Lipinski definition) is 4. The molecule has 3 rings (SSSR count). The number of hydrogen-bond donors (Lipinski definition) is 1. The van der Waals surface area contributed by atoms with E-state index in [-0.39, 0.29) is 0 Å². The molecule has 100 valence electrons. The molecule has 0 aliphatic heterocycles. The van der Waals surface area contributed by atoms with Gasteiger partial charge >= 0.3 is 0 Å². The lowest BCUT2D eigenvalue weighted by atomic mass is 9.88. The molecule has 2 saturated carbocycles. The summed E-state index contributed by atoms with van der Waals surface area (Å²) >= 11 is 1.82. The van der Waals surface area contributed by atoms with Gasteiger partial charge in [0.2, 0.25) is 0 Å². The number of rotatable bonds is 5. The summed E-state index contributed by atoms with van der Waals surface area (Å²) in [5.41, 5.74) is 0. The Morgan fingerprint density at radius 2 is 2.33 bits per heavy atom. The van der Waals surface area contributed by atoms with Crippen molar-refractivity contribution in [2.75, 3.05) is 25.5 Å². The van der Waals surface area contributed by atoms with Crippen molar-refractivity contribution < 1.29 is 0 Å². The van der Waals surface area contributed by atoms with Crippen LogP contribution in [0.3, 0.4) is 0 Å². The molecule has 18 heavy (non-hydrogen) atoms. The van der Waals surface area contributed by atoms with Crippen molar-refractivity contribution in [2.45, 2.75) is 32.2 Å². The minimum Gasteiger partial charge on any atom is -0.351 e. The Bertz CT molecular complexity index is 403. The first-order chi connectivity index (χ1) is 8.76. The Kier molecular flexibility index (Phi) is 3.57. The molecule has 3 unspecified atom stereocenters. The zero-order valence-electron chi connectivity index (χ0n) is 11.4. The van der Waals surface area contributed by atoms with Gasteiger partial charge in [-0.2, -0.15) is 0 Å². The Morgan fingerprint density at radius 3 is 3.00 bits per heavy atom. The van der Waals surface area contributed by atoms with Crippen LogP contribution < -0.4 is 10.2 Å². The summed E-state index contributed by atoms with van der Waals surface area (Å²) in [6.45, 7) is 2.13. The highest BCUT2D eigenvalue weighted by Gasteiger charge is 2.39. The number of anilines is 1. The van der Waals surface area contributed by atoms with Gasteiger partial charge in [0.15, 0.2) is 5.13 Å². The quantitative estimate of drug-likeness (QED) is 0.887. The third-order valence-electron chi connectivity index (χ3n) is 4.61. The van der Waals surface area contributed by atoms with Crippen LogP contribution in [0.1, 0.15) is 30.6 Å². The molecule has 0 saturated heterocycles. The van der Waals surface area contributed by atoms with Gasteiger partial charge in [-0.25, -0.2) is 4.98 Å². The molecule has 2 aliphatic rings. The molecule has 1 aromatic rings. The van der Waals surface area contributed by atoms with Crippen molar-refractivity contribution in [3.05, 3.63) is 11.1 Å². The van der Waals surface area contributed by atoms with Crippen LogP contribution in [-0.4, -0.2) is 25.6 Å². The van der Waals surface area contributed by atoms with Crippen LogP contribution in [0.4, 0.5) is 5.13 Å². The largest absolute Gasteiger partial charge is 0.351 e. The topological polar surface area (TPSA) is 28.2 Å². The number of nitrogens with zero attached hydrogens (tertiary/aromatic N) is 2. The molecule has 1 aromatic heterocycles. The maximum Gasteiger partial charge on any atom is 0.185 e. The second-order valence-corrected chi connectivity index (χ2v) is 7.05. The van der Waals surface area contributed by atoms with Gasteiger partial charge in [-0.15, -0.1) is 11.3 Å². The fourth-order valence-electron chi connectivity index (χ4n) is 3.76. The molecule has 1 N–H and O–H groups in total. The second kappa shape index (κ2) is 5.17. The highest BCUT2D eigenvalue weighted by Crippen LogP contribution is 2.48. The van der Waals surface area contributed by atoms with Crippen LogP contribution in [-0.2, 0) is 6.54 Å². The molecule has 2 aliphatic carbocycles. The molecular weight excluding hydrogens is 242 g/mol. The first kappa shape index (κ1) is 12.4. The van der Waals surface area contributed by atoms with Crippen LogP contribution in [0.2, 0.25) is 0 Å². The minimum absolute atomic E-state index is 0.922. The Balaban J connectivity index is 1.58. The average Bonchev–Trinajstić information content (AvgIpc) is 3.04. The summed E-state index contributed by atoms with van der Waals surface area (Å²) in [6, 6.07) is 0. The number of aromatic nitrogens is 1. The van der Waals surface area contributed by atoms with E-state index in [1.807, 2.05) is 24.6 Å². The van der Waals surface area contributed by atoms with E-state index < -0.39 is 0 Å². The molecule has 3 nitrogen and oxygen atoms in total. The van der Waals surface area contributed by atoms with Crippen LogP contribution >= 0.6 is 11.3 Å². The lowest BCUT2D eigenvalue weighted by Crippen LogP contribution is -2.28. The SMILES string of the molecule is CNCc1cnc(N(C)CC2CC3CCC2C3)s1. The average molecular weight is 265 g/mol. The van der Waals surface area contributed by atoms with E-state index in [9.17, 15) is 0 Å². The van der Waals surface area contributed by atoms with E-state index in [1.165, 1.54) is 42.2 Å². The maximum absolute atomic E-state index is 4.54. The number of nitrogens with one attached hydrogen (secondary N) is 1. The van der Waals surface area contributed by atoms with Gasteiger partial charge in [0.05, 0.1) is 0 Å². The van der Waals surface area contributed by atoms with Crippen molar-refractivity contribution >= 4 is 16.5 Å². The molecule has 3 atom stereocenters. The molecule has 4 heteroatoms. The smallest absolute Gasteiger partial charge is 0.185 e. The van der Waals surface area contributed by atoms with Gasteiger partial charge in [0.25, 0.3) is 0 Å². The third-order valence-corrected chi connectivity index (χ3v) is 5.72. The van der Waals surface area contributed by atoms with Crippen LogP contribution in [0.25, 0.3) is 0 Å². The molecule has 0 radical (unpaired) electrons. The Labute approximate surface area is 114 Å². The van der Waals surface area contributed by atoms with Crippen molar-refractivity contribution in [3.63, 3.8) is 0 Å². The van der Waals surface area contributed by atoms with E-state index in [0.29, 0.717) is 0 Å². The van der Waals surface area contributed by atoms with Crippen LogP contribution in [0, 0.1) is 17.8 Å². The van der Waals surface area contributed by atoms with Gasteiger partial charge in [0.1, 0.15) is 0 Å². The van der Waals surface area contributed by atoms with E-state index in [0.717, 1.165) is 24.3 Å². The molecule has 1 heterocycles. The second-order valence-electron chi connectivity index (χ2n) is 5.95. The zero-order chi connectivity index (χ0) is 12.5. The Morgan fingerprint density at radius 1 is 1.44 bits per heavy atom. The highest BCUT2D eigenvalue weighted by molar-refractivity contribution is 7.15. The van der Waals surface area contributed by atoms with Gasteiger partial charge in [-0.1, -0.05) is 6.42 Å². The van der Waals surface area contributed by atoms with Crippen molar-refractivity contribution in [1.29, 1.82) is 0 Å². The number of fused-ring (bicyclic) bond motifs is 2. The predicted octanol–water partition coefficient (Wildman–Crippen LogP) is 2.73. The summed E-state index contributed by atoms with van der Waals surface area (Å²) in [7, 11) is 4.19. The first-order valence-electron chi connectivity index (χ1n) is 7.06. The third kappa shape index (κ3) is 2.41. The standard InChI is InChI=1S/C14H23N3S/c1-15-7-13-8-16-14(18-13)17(2)9-12-6-10-3-4-11(12)5-10/h8,10-12,15H,3-7,9H2,1-2H3. The molecule has 0 spiro atoms. The number of thiazole rings is 1. The van der Waals surface area contributed by atoms with Crippen molar-refractivity contribution in [3.8, 4) is 0 Å². The van der Waals surface area contributed by atoms with Crippen molar-refractivity contribution in [1.82, 2.24) is 10.3 Å². The summed E-state index contributed by atoms with van der Waals surface area (Å²) < 4.78 is 0. The summed E-state index contributed by atoms with van der Waals surface area (Å²) in [4.78, 5) is 8.24. The molecule has 0 amide bonds. The predicted molar refractivity (Wildman–Crippen MR) is 77.1 cm³/mol. The summed E-state index contributed by atoms with van der Waals surface area (Å²) in [6.07, 6.45) is 7.94. The van der Waals surface area contributed by atoms with Crippen LogP contribution in [0.5, 0.6) is 0 Å². The van der Waals surface area contributed by atoms with Gasteiger partial charge in [-0.05, 0) is 44.1 Å². The first-order valence-corrected chi connectivity index (χ1v) is 7.88. The summed E-state index contributed by atoms with van der Waals surface area (Å²) in [5.74, 6) is 2.98. The fraction of sp³-hybridized carbons (Fsp3) is 0.786. The fourth-order valence-corrected chi connectivity index (χ4v) is 4.65. The van der Waals surface area contributed by atoms with Crippen LogP contribution in [0.15, 0.2) is 6.20 Å². The zero-order valence-corrected chi connectivity index (χ0v) is 12.2. The van der Waals surface area contributed by atoms with E-state index >= 15 is 0 Å². The van der Waals surface area contributed by atoms with E-state index in [4.69, 9.17) is 0 Å². The lowest BCUT2D eigenvalue weighted by molar-refractivity contribution is 0.337. The highest BCUT2D eigenvalue weighted by atomic mass is 32.1. The van der Waals surface area contributed by atoms with E-state index in [2.05, 4.69) is 22.2 Å². The summed E-state index contributed by atoms with van der Waals surface area (Å²) in [5, 5.41) is 4.37.